The highest BCUT2D eigenvalue weighted by molar-refractivity contribution is 6.31. The summed E-state index contributed by atoms with van der Waals surface area (Å²) in [7, 11) is 1.42. The standard InChI is InChI=1S/C26H28ClF3N4O4/c1-3-5-16(22(31)35)17(12-13-26(28,29)30)24(36)34-23-25(37)33-21-18(6-4-7-19(21)38-2)20(32-23)14-8-10-15(27)11-9-14/h4,6-11,16-17,23H,3,5,12-13H2,1-2H3,(H2,31,35)(H,33,37)(H,34,36). The van der Waals surface area contributed by atoms with Crippen molar-refractivity contribution in [3.05, 3.63) is 58.6 Å². The van der Waals surface area contributed by atoms with Gasteiger partial charge in [-0.15, -0.1) is 0 Å². The number of primary amides is 1. The summed E-state index contributed by atoms with van der Waals surface area (Å²) in [6.45, 7) is 1.72. The Morgan fingerprint density at radius 1 is 1.16 bits per heavy atom. The van der Waals surface area contributed by atoms with E-state index in [9.17, 15) is 27.6 Å². The van der Waals surface area contributed by atoms with Crippen LogP contribution in [0.1, 0.15) is 43.7 Å². The number of fused-ring (bicyclic) bond motifs is 1. The second-order valence-electron chi connectivity index (χ2n) is 8.83. The predicted molar refractivity (Wildman–Crippen MR) is 137 cm³/mol. The van der Waals surface area contributed by atoms with Gasteiger partial charge in [0.15, 0.2) is 0 Å². The van der Waals surface area contributed by atoms with Crippen molar-refractivity contribution in [1.29, 1.82) is 0 Å². The van der Waals surface area contributed by atoms with E-state index in [1.54, 1.807) is 49.4 Å². The first kappa shape index (κ1) is 29.0. The smallest absolute Gasteiger partial charge is 0.389 e. The molecular formula is C26H28ClF3N4O4. The second-order valence-corrected chi connectivity index (χ2v) is 9.26. The van der Waals surface area contributed by atoms with Gasteiger partial charge in [0.25, 0.3) is 5.91 Å². The first-order chi connectivity index (χ1) is 17.9. The van der Waals surface area contributed by atoms with Gasteiger partial charge in [-0.05, 0) is 31.0 Å². The van der Waals surface area contributed by atoms with Crippen molar-refractivity contribution in [1.82, 2.24) is 5.32 Å². The molecule has 2 aromatic carbocycles. The molecule has 0 bridgehead atoms. The summed E-state index contributed by atoms with van der Waals surface area (Å²) in [6.07, 6.45) is -7.50. The topological polar surface area (TPSA) is 123 Å². The Morgan fingerprint density at radius 3 is 2.42 bits per heavy atom. The Labute approximate surface area is 222 Å². The van der Waals surface area contributed by atoms with Crippen LogP contribution in [0.3, 0.4) is 0 Å². The number of nitrogens with two attached hydrogens (primary N) is 1. The fourth-order valence-electron chi connectivity index (χ4n) is 4.34. The molecule has 0 saturated heterocycles. The number of benzodiazepines with no additional fused rings is 1. The van der Waals surface area contributed by atoms with Crippen molar-refractivity contribution < 1.29 is 32.3 Å². The Kier molecular flexibility index (Phi) is 9.37. The van der Waals surface area contributed by atoms with Crippen molar-refractivity contribution in [2.45, 2.75) is 44.9 Å². The molecule has 0 aliphatic carbocycles. The van der Waals surface area contributed by atoms with Crippen LogP contribution in [0.25, 0.3) is 0 Å². The molecule has 2 aromatic rings. The predicted octanol–water partition coefficient (Wildman–Crippen LogP) is 4.44. The highest BCUT2D eigenvalue weighted by Gasteiger charge is 2.38. The van der Waals surface area contributed by atoms with Crippen molar-refractivity contribution in [3.63, 3.8) is 0 Å². The Bertz CT molecular complexity index is 1220. The number of alkyl halides is 3. The molecule has 1 aliphatic rings. The monoisotopic (exact) mass is 552 g/mol. The molecule has 0 saturated carbocycles. The lowest BCUT2D eigenvalue weighted by Crippen LogP contribution is -2.48. The summed E-state index contributed by atoms with van der Waals surface area (Å²) in [5, 5.41) is 5.60. The number of nitrogens with one attached hydrogen (secondary N) is 2. The van der Waals surface area contributed by atoms with Crippen molar-refractivity contribution >= 4 is 40.7 Å². The van der Waals surface area contributed by atoms with Gasteiger partial charge in [-0.1, -0.05) is 49.2 Å². The van der Waals surface area contributed by atoms with Crippen LogP contribution in [-0.4, -0.2) is 42.9 Å². The maximum absolute atomic E-state index is 13.3. The number of benzene rings is 2. The van der Waals surface area contributed by atoms with Gasteiger partial charge in [0.05, 0.1) is 18.5 Å². The van der Waals surface area contributed by atoms with E-state index in [0.29, 0.717) is 39.7 Å². The average Bonchev–Trinajstić information content (AvgIpc) is 2.99. The van der Waals surface area contributed by atoms with E-state index in [1.165, 1.54) is 7.11 Å². The fraction of sp³-hybridized carbons (Fsp3) is 0.385. The summed E-state index contributed by atoms with van der Waals surface area (Å²) < 4.78 is 44.5. The molecule has 0 radical (unpaired) electrons. The number of methoxy groups -OCH3 is 1. The quantitative estimate of drug-likeness (QED) is 0.403. The van der Waals surface area contributed by atoms with Crippen LogP contribution >= 0.6 is 11.6 Å². The molecule has 8 nitrogen and oxygen atoms in total. The summed E-state index contributed by atoms with van der Waals surface area (Å²) in [5.41, 5.74) is 7.13. The van der Waals surface area contributed by atoms with Gasteiger partial charge in [-0.3, -0.25) is 14.4 Å². The van der Waals surface area contributed by atoms with Crippen molar-refractivity contribution in [2.24, 2.45) is 22.6 Å². The van der Waals surface area contributed by atoms with Gasteiger partial charge in [0, 0.05) is 34.4 Å². The minimum atomic E-state index is -4.55. The summed E-state index contributed by atoms with van der Waals surface area (Å²) in [4.78, 5) is 43.1. The van der Waals surface area contributed by atoms with Crippen LogP contribution in [0.5, 0.6) is 5.75 Å². The number of rotatable bonds is 10. The van der Waals surface area contributed by atoms with Gasteiger partial charge in [-0.25, -0.2) is 4.99 Å². The zero-order valence-electron chi connectivity index (χ0n) is 20.8. The summed E-state index contributed by atoms with van der Waals surface area (Å²) >= 11 is 6.03. The lowest BCUT2D eigenvalue weighted by atomic mass is 9.83. The van der Waals surface area contributed by atoms with Gasteiger partial charge in [-0.2, -0.15) is 13.2 Å². The zero-order chi connectivity index (χ0) is 28.0. The van der Waals surface area contributed by atoms with Crippen LogP contribution in [-0.2, 0) is 14.4 Å². The fourth-order valence-corrected chi connectivity index (χ4v) is 4.47. The lowest BCUT2D eigenvalue weighted by Gasteiger charge is -2.25. The molecule has 0 aromatic heterocycles. The minimum Gasteiger partial charge on any atom is -0.495 e. The number of para-hydroxylation sites is 1. The molecule has 0 spiro atoms. The number of aliphatic imine (C=N–C) groups is 1. The minimum absolute atomic E-state index is 0.115. The van der Waals surface area contributed by atoms with E-state index in [-0.39, 0.29) is 6.42 Å². The largest absolute Gasteiger partial charge is 0.495 e. The molecular weight excluding hydrogens is 525 g/mol. The molecule has 3 unspecified atom stereocenters. The normalized spacial score (nSPS) is 16.8. The lowest BCUT2D eigenvalue weighted by molar-refractivity contribution is -0.146. The van der Waals surface area contributed by atoms with Gasteiger partial charge in [0.2, 0.25) is 18.0 Å². The first-order valence-corrected chi connectivity index (χ1v) is 12.3. The van der Waals surface area contributed by atoms with Crippen LogP contribution in [0.4, 0.5) is 18.9 Å². The maximum Gasteiger partial charge on any atom is 0.389 e. The van der Waals surface area contributed by atoms with Crippen LogP contribution < -0.4 is 21.1 Å². The van der Waals surface area contributed by atoms with E-state index >= 15 is 0 Å². The Morgan fingerprint density at radius 2 is 1.84 bits per heavy atom. The number of anilines is 1. The van der Waals surface area contributed by atoms with Crippen LogP contribution in [0.15, 0.2) is 47.5 Å². The zero-order valence-corrected chi connectivity index (χ0v) is 21.5. The third-order valence-electron chi connectivity index (χ3n) is 6.18. The van der Waals surface area contributed by atoms with Crippen LogP contribution in [0, 0.1) is 11.8 Å². The molecule has 1 aliphatic heterocycles. The highest BCUT2D eigenvalue weighted by atomic mass is 35.5. The number of carbonyl (C=O) groups is 3. The van der Waals surface area contributed by atoms with E-state index in [4.69, 9.17) is 22.1 Å². The third-order valence-corrected chi connectivity index (χ3v) is 6.43. The van der Waals surface area contributed by atoms with Crippen molar-refractivity contribution in [2.75, 3.05) is 12.4 Å². The Hall–Kier alpha value is -3.60. The molecule has 3 rings (SSSR count). The molecule has 38 heavy (non-hydrogen) atoms. The molecule has 3 atom stereocenters. The molecule has 4 N–H and O–H groups in total. The van der Waals surface area contributed by atoms with Crippen LogP contribution in [0.2, 0.25) is 5.02 Å². The van der Waals surface area contributed by atoms with E-state index in [0.717, 1.165) is 0 Å². The molecule has 1 heterocycles. The van der Waals surface area contributed by atoms with E-state index < -0.39 is 54.7 Å². The maximum atomic E-state index is 13.3. The third kappa shape index (κ3) is 7.03. The van der Waals surface area contributed by atoms with E-state index in [2.05, 4.69) is 15.6 Å². The van der Waals surface area contributed by atoms with Gasteiger partial charge >= 0.3 is 6.18 Å². The number of halogens is 4. The van der Waals surface area contributed by atoms with Gasteiger partial charge < -0.3 is 21.1 Å². The number of nitrogens with zero attached hydrogens (tertiary/aromatic N) is 1. The summed E-state index contributed by atoms with van der Waals surface area (Å²) in [5.74, 6) is -4.77. The number of amides is 3. The number of hydrogen-bond donors (Lipinski definition) is 3. The molecule has 3 amide bonds. The number of ether oxygens (including phenoxy) is 1. The Balaban J connectivity index is 2.03. The second kappa shape index (κ2) is 12.3. The van der Waals surface area contributed by atoms with Gasteiger partial charge in [0.1, 0.15) is 5.75 Å². The SMILES string of the molecule is CCCC(C(N)=O)C(CCC(F)(F)F)C(=O)NC1N=C(c2ccc(Cl)cc2)c2cccc(OC)c2NC1=O. The summed E-state index contributed by atoms with van der Waals surface area (Å²) in [6, 6.07) is 11.6. The molecule has 204 valence electrons. The van der Waals surface area contributed by atoms with Crippen molar-refractivity contribution in [3.8, 4) is 5.75 Å². The molecule has 12 heteroatoms. The van der Waals surface area contributed by atoms with E-state index in [1.807, 2.05) is 0 Å². The first-order valence-electron chi connectivity index (χ1n) is 11.9. The number of hydrogen-bond acceptors (Lipinski definition) is 5. The highest BCUT2D eigenvalue weighted by Crippen LogP contribution is 2.33. The average molecular weight is 553 g/mol. The molecule has 0 fully saturated rings. The number of carbonyl (C=O) groups excluding carboxylic acids is 3.